The summed E-state index contributed by atoms with van der Waals surface area (Å²) in [4.78, 5) is 11.1. The first-order valence-electron chi connectivity index (χ1n) is 7.00. The normalized spacial score (nSPS) is 10.6. The Bertz CT molecular complexity index is 798. The number of benzene rings is 2. The van der Waals surface area contributed by atoms with Gasteiger partial charge in [0.25, 0.3) is 0 Å². The summed E-state index contributed by atoms with van der Waals surface area (Å²) in [5, 5.41) is 0.965. The zero-order valence-electron chi connectivity index (χ0n) is 12.6. The van der Waals surface area contributed by atoms with Crippen molar-refractivity contribution in [3.63, 3.8) is 0 Å². The van der Waals surface area contributed by atoms with Crippen molar-refractivity contribution in [2.24, 2.45) is 0 Å². The molecule has 1 heterocycles. The van der Waals surface area contributed by atoms with Crippen molar-refractivity contribution in [2.75, 3.05) is 14.2 Å². The number of ether oxygens (including phenoxy) is 2. The zero-order chi connectivity index (χ0) is 15.5. The SMILES string of the molecule is COc1cc(Cn2ccc3c(C=O)cccc32)cc(OC)c1. The van der Waals surface area contributed by atoms with Crippen LogP contribution in [0.3, 0.4) is 0 Å². The van der Waals surface area contributed by atoms with Crippen LogP contribution in [0.2, 0.25) is 0 Å². The Hall–Kier alpha value is -2.75. The minimum atomic E-state index is 0.680. The van der Waals surface area contributed by atoms with E-state index in [-0.39, 0.29) is 0 Å². The second-order valence-electron chi connectivity index (χ2n) is 5.06. The van der Waals surface area contributed by atoms with Crippen molar-refractivity contribution in [1.82, 2.24) is 4.57 Å². The van der Waals surface area contributed by atoms with Crippen molar-refractivity contribution in [2.45, 2.75) is 6.54 Å². The van der Waals surface area contributed by atoms with Crippen LogP contribution in [0, 0.1) is 0 Å². The van der Waals surface area contributed by atoms with E-state index < -0.39 is 0 Å². The van der Waals surface area contributed by atoms with Crippen LogP contribution in [0.1, 0.15) is 15.9 Å². The Morgan fingerprint density at radius 3 is 2.41 bits per heavy atom. The van der Waals surface area contributed by atoms with Gasteiger partial charge < -0.3 is 14.0 Å². The molecule has 0 unspecified atom stereocenters. The summed E-state index contributed by atoms with van der Waals surface area (Å²) in [6, 6.07) is 13.5. The van der Waals surface area contributed by atoms with Gasteiger partial charge in [0, 0.05) is 35.3 Å². The molecule has 22 heavy (non-hydrogen) atoms. The zero-order valence-corrected chi connectivity index (χ0v) is 12.6. The number of hydrogen-bond acceptors (Lipinski definition) is 3. The first kappa shape index (κ1) is 14.2. The number of hydrogen-bond donors (Lipinski definition) is 0. The topological polar surface area (TPSA) is 40.5 Å². The number of rotatable bonds is 5. The van der Waals surface area contributed by atoms with E-state index >= 15 is 0 Å². The van der Waals surface area contributed by atoms with Gasteiger partial charge in [-0.15, -0.1) is 0 Å². The number of aromatic nitrogens is 1. The van der Waals surface area contributed by atoms with Crippen LogP contribution >= 0.6 is 0 Å². The molecule has 0 saturated heterocycles. The fourth-order valence-corrected chi connectivity index (χ4v) is 2.64. The molecule has 4 nitrogen and oxygen atoms in total. The van der Waals surface area contributed by atoms with Gasteiger partial charge in [0.2, 0.25) is 0 Å². The van der Waals surface area contributed by atoms with E-state index in [2.05, 4.69) is 4.57 Å². The molecule has 0 atom stereocenters. The van der Waals surface area contributed by atoms with Crippen LogP contribution < -0.4 is 9.47 Å². The Morgan fingerprint density at radius 2 is 1.77 bits per heavy atom. The standard InChI is InChI=1S/C18H17NO3/c1-21-15-8-13(9-16(10-15)22-2)11-19-7-6-17-14(12-20)4-3-5-18(17)19/h3-10,12H,11H2,1-2H3. The highest BCUT2D eigenvalue weighted by Crippen LogP contribution is 2.25. The monoisotopic (exact) mass is 295 g/mol. The second-order valence-corrected chi connectivity index (χ2v) is 5.06. The molecule has 112 valence electrons. The largest absolute Gasteiger partial charge is 0.497 e. The smallest absolute Gasteiger partial charge is 0.150 e. The summed E-state index contributed by atoms with van der Waals surface area (Å²) in [6.45, 7) is 0.680. The molecule has 0 saturated carbocycles. The van der Waals surface area contributed by atoms with Gasteiger partial charge in [0.05, 0.1) is 14.2 Å². The maximum atomic E-state index is 11.1. The van der Waals surface area contributed by atoms with E-state index in [1.54, 1.807) is 14.2 Å². The van der Waals surface area contributed by atoms with Gasteiger partial charge in [-0.3, -0.25) is 4.79 Å². The Morgan fingerprint density at radius 1 is 1.05 bits per heavy atom. The van der Waals surface area contributed by atoms with Gasteiger partial charge in [0.1, 0.15) is 11.5 Å². The minimum absolute atomic E-state index is 0.680. The summed E-state index contributed by atoms with van der Waals surface area (Å²) < 4.78 is 12.7. The fourth-order valence-electron chi connectivity index (χ4n) is 2.64. The van der Waals surface area contributed by atoms with Crippen molar-refractivity contribution in [3.05, 3.63) is 59.8 Å². The first-order chi connectivity index (χ1) is 10.7. The second kappa shape index (κ2) is 5.93. The Labute approximate surface area is 128 Å². The lowest BCUT2D eigenvalue weighted by Crippen LogP contribution is -1.99. The molecule has 2 aromatic carbocycles. The van der Waals surface area contributed by atoms with E-state index in [9.17, 15) is 4.79 Å². The van der Waals surface area contributed by atoms with Gasteiger partial charge in [0.15, 0.2) is 6.29 Å². The molecule has 0 fully saturated rings. The Kier molecular flexibility index (Phi) is 3.83. The van der Waals surface area contributed by atoms with Crippen LogP contribution in [-0.2, 0) is 6.54 Å². The molecule has 0 radical (unpaired) electrons. The number of nitrogens with zero attached hydrogens (tertiary/aromatic N) is 1. The summed E-state index contributed by atoms with van der Waals surface area (Å²) in [7, 11) is 3.28. The lowest BCUT2D eigenvalue weighted by atomic mass is 10.1. The molecule has 0 spiro atoms. The van der Waals surface area contributed by atoms with Gasteiger partial charge in [-0.05, 0) is 29.8 Å². The number of fused-ring (bicyclic) bond motifs is 1. The molecule has 3 rings (SSSR count). The molecule has 0 aliphatic carbocycles. The molecule has 0 aliphatic rings. The molecule has 4 heteroatoms. The number of methoxy groups -OCH3 is 2. The van der Waals surface area contributed by atoms with E-state index in [0.29, 0.717) is 12.1 Å². The average molecular weight is 295 g/mol. The third-order valence-electron chi connectivity index (χ3n) is 3.74. The lowest BCUT2D eigenvalue weighted by molar-refractivity contribution is 0.112. The highest BCUT2D eigenvalue weighted by molar-refractivity contribution is 5.97. The van der Waals surface area contributed by atoms with Gasteiger partial charge in [-0.2, -0.15) is 0 Å². The maximum Gasteiger partial charge on any atom is 0.150 e. The van der Waals surface area contributed by atoms with Gasteiger partial charge in [-0.25, -0.2) is 0 Å². The summed E-state index contributed by atoms with van der Waals surface area (Å²) >= 11 is 0. The van der Waals surface area contributed by atoms with Crippen molar-refractivity contribution < 1.29 is 14.3 Å². The van der Waals surface area contributed by atoms with Crippen LogP contribution in [0.5, 0.6) is 11.5 Å². The Balaban J connectivity index is 2.01. The van der Waals surface area contributed by atoms with E-state index in [1.165, 1.54) is 0 Å². The molecular formula is C18H17NO3. The third kappa shape index (κ3) is 2.55. The third-order valence-corrected chi connectivity index (χ3v) is 3.74. The molecule has 0 aliphatic heterocycles. The number of carbonyl (C=O) groups is 1. The predicted molar refractivity (Wildman–Crippen MR) is 86.0 cm³/mol. The molecular weight excluding hydrogens is 278 g/mol. The summed E-state index contributed by atoms with van der Waals surface area (Å²) in [6.07, 6.45) is 2.88. The fraction of sp³-hybridized carbons (Fsp3) is 0.167. The van der Waals surface area contributed by atoms with Crippen LogP contribution in [-0.4, -0.2) is 25.1 Å². The molecule has 1 aromatic heterocycles. The average Bonchev–Trinajstić information content (AvgIpc) is 2.97. The summed E-state index contributed by atoms with van der Waals surface area (Å²) in [5.41, 5.74) is 2.82. The van der Waals surface area contributed by atoms with Crippen molar-refractivity contribution in [1.29, 1.82) is 0 Å². The quantitative estimate of drug-likeness (QED) is 0.676. The maximum absolute atomic E-state index is 11.1. The first-order valence-corrected chi connectivity index (χ1v) is 7.00. The van der Waals surface area contributed by atoms with E-state index in [1.807, 2.05) is 48.7 Å². The van der Waals surface area contributed by atoms with Crippen molar-refractivity contribution >= 4 is 17.2 Å². The minimum Gasteiger partial charge on any atom is -0.497 e. The van der Waals surface area contributed by atoms with Gasteiger partial charge >= 0.3 is 0 Å². The van der Waals surface area contributed by atoms with E-state index in [0.717, 1.165) is 34.3 Å². The van der Waals surface area contributed by atoms with Crippen LogP contribution in [0.4, 0.5) is 0 Å². The molecule has 0 amide bonds. The lowest BCUT2D eigenvalue weighted by Gasteiger charge is -2.10. The number of aldehydes is 1. The molecule has 3 aromatic rings. The molecule has 0 bridgehead atoms. The number of carbonyl (C=O) groups excluding carboxylic acids is 1. The van der Waals surface area contributed by atoms with E-state index in [4.69, 9.17) is 9.47 Å². The highest BCUT2D eigenvalue weighted by Gasteiger charge is 2.07. The molecule has 0 N–H and O–H groups in total. The predicted octanol–water partition coefficient (Wildman–Crippen LogP) is 3.52. The van der Waals surface area contributed by atoms with Crippen molar-refractivity contribution in [3.8, 4) is 11.5 Å². The van der Waals surface area contributed by atoms with Gasteiger partial charge in [-0.1, -0.05) is 12.1 Å². The summed E-state index contributed by atoms with van der Waals surface area (Å²) in [5.74, 6) is 1.53. The highest BCUT2D eigenvalue weighted by atomic mass is 16.5. The van der Waals surface area contributed by atoms with Crippen LogP contribution in [0.25, 0.3) is 10.9 Å². The van der Waals surface area contributed by atoms with Crippen LogP contribution in [0.15, 0.2) is 48.7 Å².